The lowest BCUT2D eigenvalue weighted by Gasteiger charge is -2.04. The summed E-state index contributed by atoms with van der Waals surface area (Å²) >= 11 is 0. The van der Waals surface area contributed by atoms with Gasteiger partial charge in [0.1, 0.15) is 0 Å². The van der Waals surface area contributed by atoms with Crippen LogP contribution >= 0.6 is 0 Å². The van der Waals surface area contributed by atoms with Gasteiger partial charge in [-0.25, -0.2) is 4.79 Å². The van der Waals surface area contributed by atoms with E-state index in [1.165, 1.54) is 7.11 Å². The number of carbonyl (C=O) groups excluding carboxylic acids is 2. The molecule has 0 spiro atoms. The molecule has 0 fully saturated rings. The lowest BCUT2D eigenvalue weighted by Crippen LogP contribution is -2.02. The maximum Gasteiger partial charge on any atom is 0.337 e. The molecule has 4 nitrogen and oxygen atoms in total. The van der Waals surface area contributed by atoms with E-state index in [-0.39, 0.29) is 5.97 Å². The van der Waals surface area contributed by atoms with Crippen LogP contribution in [-0.2, 0) is 4.74 Å². The standard InChI is InChI=1S/C13H11NO3/c1-17-13(16)11-3-2-4-12(7-11)14-6-5-10(8-14)9-15/h2-9H,1H3. The minimum absolute atomic E-state index is 0.380. The number of ether oxygens (including phenoxy) is 1. The molecular formula is C13H11NO3. The molecule has 0 unspecified atom stereocenters. The van der Waals surface area contributed by atoms with Crippen LogP contribution in [0.5, 0.6) is 0 Å². The highest BCUT2D eigenvalue weighted by Gasteiger charge is 2.06. The smallest absolute Gasteiger partial charge is 0.337 e. The number of aromatic nitrogens is 1. The Morgan fingerprint density at radius 2 is 2.18 bits per heavy atom. The topological polar surface area (TPSA) is 48.3 Å². The third-order valence-corrected chi connectivity index (χ3v) is 2.42. The summed E-state index contributed by atoms with van der Waals surface area (Å²) in [4.78, 5) is 22.0. The molecule has 0 amide bonds. The SMILES string of the molecule is COC(=O)c1cccc(-n2ccc(C=O)c2)c1. The lowest BCUT2D eigenvalue weighted by atomic mass is 10.2. The molecular weight excluding hydrogens is 218 g/mol. The van der Waals surface area contributed by atoms with Gasteiger partial charge in [-0.3, -0.25) is 4.79 Å². The first-order chi connectivity index (χ1) is 8.24. The number of nitrogens with zero attached hydrogens (tertiary/aromatic N) is 1. The number of aldehydes is 1. The maximum atomic E-state index is 11.4. The van der Waals surface area contributed by atoms with Crippen molar-refractivity contribution in [2.24, 2.45) is 0 Å². The maximum absolute atomic E-state index is 11.4. The molecule has 1 heterocycles. The Bertz CT molecular complexity index is 557. The molecule has 0 radical (unpaired) electrons. The minimum atomic E-state index is -0.380. The van der Waals surface area contributed by atoms with E-state index in [2.05, 4.69) is 4.74 Å². The van der Waals surface area contributed by atoms with Crippen molar-refractivity contribution < 1.29 is 14.3 Å². The largest absolute Gasteiger partial charge is 0.465 e. The highest BCUT2D eigenvalue weighted by Crippen LogP contribution is 2.13. The van der Waals surface area contributed by atoms with E-state index < -0.39 is 0 Å². The highest BCUT2D eigenvalue weighted by molar-refractivity contribution is 5.89. The summed E-state index contributed by atoms with van der Waals surface area (Å²) in [6.45, 7) is 0. The van der Waals surface area contributed by atoms with Crippen LogP contribution in [0.2, 0.25) is 0 Å². The van der Waals surface area contributed by atoms with E-state index in [9.17, 15) is 9.59 Å². The van der Waals surface area contributed by atoms with Crippen molar-refractivity contribution in [3.8, 4) is 5.69 Å². The summed E-state index contributed by atoms with van der Waals surface area (Å²) in [6.07, 6.45) is 4.24. The molecule has 86 valence electrons. The second-order valence-electron chi connectivity index (χ2n) is 3.51. The van der Waals surface area contributed by atoms with Crippen LogP contribution in [0.1, 0.15) is 20.7 Å². The van der Waals surface area contributed by atoms with E-state index in [0.29, 0.717) is 11.1 Å². The Kier molecular flexibility index (Phi) is 3.05. The van der Waals surface area contributed by atoms with Gasteiger partial charge >= 0.3 is 5.97 Å². The number of carbonyl (C=O) groups is 2. The van der Waals surface area contributed by atoms with Gasteiger partial charge in [-0.15, -0.1) is 0 Å². The average molecular weight is 229 g/mol. The molecule has 0 aliphatic heterocycles. The van der Waals surface area contributed by atoms with E-state index >= 15 is 0 Å². The van der Waals surface area contributed by atoms with Gasteiger partial charge in [0, 0.05) is 23.6 Å². The van der Waals surface area contributed by atoms with Gasteiger partial charge in [0.25, 0.3) is 0 Å². The summed E-state index contributed by atoms with van der Waals surface area (Å²) in [5.41, 5.74) is 1.88. The van der Waals surface area contributed by atoms with Crippen molar-refractivity contribution in [3.63, 3.8) is 0 Å². The van der Waals surface area contributed by atoms with E-state index in [1.54, 1.807) is 41.2 Å². The molecule has 1 aromatic carbocycles. The van der Waals surface area contributed by atoms with Crippen LogP contribution in [-0.4, -0.2) is 23.9 Å². The monoisotopic (exact) mass is 229 g/mol. The van der Waals surface area contributed by atoms with Crippen LogP contribution in [0.4, 0.5) is 0 Å². The van der Waals surface area contributed by atoms with Crippen LogP contribution < -0.4 is 0 Å². The number of methoxy groups -OCH3 is 1. The van der Waals surface area contributed by atoms with Crippen molar-refractivity contribution in [2.45, 2.75) is 0 Å². The number of esters is 1. The van der Waals surface area contributed by atoms with E-state index in [4.69, 9.17) is 0 Å². The fraction of sp³-hybridized carbons (Fsp3) is 0.0769. The zero-order valence-corrected chi connectivity index (χ0v) is 9.29. The van der Waals surface area contributed by atoms with E-state index in [0.717, 1.165) is 12.0 Å². The Balaban J connectivity index is 2.39. The molecule has 0 N–H and O–H groups in total. The third kappa shape index (κ3) is 2.25. The van der Waals surface area contributed by atoms with E-state index in [1.807, 2.05) is 6.07 Å². The summed E-state index contributed by atoms with van der Waals surface area (Å²) in [5, 5.41) is 0. The lowest BCUT2D eigenvalue weighted by molar-refractivity contribution is 0.0600. The average Bonchev–Trinajstić information content (AvgIpc) is 2.86. The van der Waals surface area contributed by atoms with Crippen molar-refractivity contribution in [3.05, 3.63) is 53.9 Å². The van der Waals surface area contributed by atoms with Crippen molar-refractivity contribution in [1.82, 2.24) is 4.57 Å². The number of benzene rings is 1. The Labute approximate surface area is 98.4 Å². The van der Waals surface area contributed by atoms with Gasteiger partial charge in [0.15, 0.2) is 6.29 Å². The molecule has 0 saturated heterocycles. The predicted molar refractivity (Wildman–Crippen MR) is 62.5 cm³/mol. The number of hydrogen-bond donors (Lipinski definition) is 0. The minimum Gasteiger partial charge on any atom is -0.465 e. The van der Waals surface area contributed by atoms with Gasteiger partial charge in [-0.1, -0.05) is 6.07 Å². The molecule has 17 heavy (non-hydrogen) atoms. The molecule has 2 aromatic rings. The zero-order chi connectivity index (χ0) is 12.3. The Morgan fingerprint density at radius 1 is 1.35 bits per heavy atom. The molecule has 4 heteroatoms. The molecule has 0 aliphatic carbocycles. The number of hydrogen-bond acceptors (Lipinski definition) is 3. The van der Waals surface area contributed by atoms with Gasteiger partial charge in [-0.05, 0) is 24.3 Å². The second-order valence-corrected chi connectivity index (χ2v) is 3.51. The van der Waals surface area contributed by atoms with Crippen molar-refractivity contribution >= 4 is 12.3 Å². The molecule has 2 rings (SSSR count). The fourth-order valence-corrected chi connectivity index (χ4v) is 1.55. The third-order valence-electron chi connectivity index (χ3n) is 2.42. The summed E-state index contributed by atoms with van der Waals surface area (Å²) < 4.78 is 6.42. The highest BCUT2D eigenvalue weighted by atomic mass is 16.5. The molecule has 0 aliphatic rings. The summed E-state index contributed by atoms with van der Waals surface area (Å²) in [6, 6.07) is 8.71. The molecule has 0 atom stereocenters. The zero-order valence-electron chi connectivity index (χ0n) is 9.29. The molecule has 0 bridgehead atoms. The second kappa shape index (κ2) is 4.65. The van der Waals surface area contributed by atoms with Crippen LogP contribution in [0.15, 0.2) is 42.7 Å². The van der Waals surface area contributed by atoms with Crippen LogP contribution in [0, 0.1) is 0 Å². The first kappa shape index (κ1) is 11.1. The summed E-state index contributed by atoms with van der Waals surface area (Å²) in [5.74, 6) is -0.380. The molecule has 0 saturated carbocycles. The Morgan fingerprint density at radius 3 is 2.82 bits per heavy atom. The van der Waals surface area contributed by atoms with Crippen LogP contribution in [0.25, 0.3) is 5.69 Å². The first-order valence-corrected chi connectivity index (χ1v) is 5.06. The van der Waals surface area contributed by atoms with Gasteiger partial charge in [0.05, 0.1) is 12.7 Å². The Hall–Kier alpha value is -2.36. The fourth-order valence-electron chi connectivity index (χ4n) is 1.55. The first-order valence-electron chi connectivity index (χ1n) is 5.06. The van der Waals surface area contributed by atoms with Gasteiger partial charge in [0.2, 0.25) is 0 Å². The summed E-state index contributed by atoms with van der Waals surface area (Å²) in [7, 11) is 1.34. The normalized spacial score (nSPS) is 9.94. The van der Waals surface area contributed by atoms with Gasteiger partial charge in [-0.2, -0.15) is 0 Å². The molecule has 1 aromatic heterocycles. The predicted octanol–water partition coefficient (Wildman–Crippen LogP) is 2.08. The van der Waals surface area contributed by atoms with Crippen molar-refractivity contribution in [1.29, 1.82) is 0 Å². The quantitative estimate of drug-likeness (QED) is 0.598. The van der Waals surface area contributed by atoms with Crippen molar-refractivity contribution in [2.75, 3.05) is 7.11 Å². The number of rotatable bonds is 3. The van der Waals surface area contributed by atoms with Crippen LogP contribution in [0.3, 0.4) is 0 Å². The van der Waals surface area contributed by atoms with Gasteiger partial charge < -0.3 is 9.30 Å².